The highest BCUT2D eigenvalue weighted by molar-refractivity contribution is 5.79. The number of hydrogen-bond acceptors (Lipinski definition) is 5. The van der Waals surface area contributed by atoms with Crippen LogP contribution < -0.4 is 25.0 Å². The van der Waals surface area contributed by atoms with Crippen molar-refractivity contribution in [1.82, 2.24) is 15.5 Å². The Bertz CT molecular complexity index is 850. The number of para-hydroxylation sites is 1. The van der Waals surface area contributed by atoms with E-state index in [1.807, 2.05) is 18.2 Å². The van der Waals surface area contributed by atoms with Gasteiger partial charge in [-0.1, -0.05) is 24.3 Å². The van der Waals surface area contributed by atoms with Gasteiger partial charge in [-0.3, -0.25) is 9.89 Å². The zero-order valence-corrected chi connectivity index (χ0v) is 18.3. The summed E-state index contributed by atoms with van der Waals surface area (Å²) in [5.41, 5.74) is 2.48. The summed E-state index contributed by atoms with van der Waals surface area (Å²) in [7, 11) is 1.81. The maximum absolute atomic E-state index is 5.44. The molecule has 166 valence electrons. The van der Waals surface area contributed by atoms with Gasteiger partial charge in [0.2, 0.25) is 6.79 Å². The number of unbranched alkanes of at least 4 members (excludes halogenated alkanes) is 1. The summed E-state index contributed by atoms with van der Waals surface area (Å²) in [4.78, 5) is 9.38. The number of guanidine groups is 1. The second kappa shape index (κ2) is 10.9. The van der Waals surface area contributed by atoms with Crippen molar-refractivity contribution in [1.29, 1.82) is 0 Å². The molecule has 7 nitrogen and oxygen atoms in total. The van der Waals surface area contributed by atoms with Crippen molar-refractivity contribution >= 4 is 11.6 Å². The summed E-state index contributed by atoms with van der Waals surface area (Å²) in [6.07, 6.45) is 2.32. The molecule has 0 spiro atoms. The predicted molar refractivity (Wildman–Crippen MR) is 125 cm³/mol. The summed E-state index contributed by atoms with van der Waals surface area (Å²) < 4.78 is 10.8. The van der Waals surface area contributed by atoms with Gasteiger partial charge in [0.15, 0.2) is 17.5 Å². The van der Waals surface area contributed by atoms with Gasteiger partial charge in [-0.15, -0.1) is 0 Å². The van der Waals surface area contributed by atoms with E-state index in [0.29, 0.717) is 13.3 Å². The number of piperazine rings is 1. The Morgan fingerprint density at radius 3 is 2.55 bits per heavy atom. The Hall–Kier alpha value is -2.93. The number of fused-ring (bicyclic) bond motifs is 1. The van der Waals surface area contributed by atoms with E-state index in [-0.39, 0.29) is 0 Å². The second-order valence-corrected chi connectivity index (χ2v) is 7.91. The van der Waals surface area contributed by atoms with Crippen LogP contribution in [0.25, 0.3) is 0 Å². The lowest BCUT2D eigenvalue weighted by molar-refractivity contribution is 0.174. The van der Waals surface area contributed by atoms with E-state index < -0.39 is 0 Å². The number of rotatable bonds is 8. The Labute approximate surface area is 185 Å². The Kier molecular flexibility index (Phi) is 7.50. The molecule has 0 saturated carbocycles. The molecule has 1 saturated heterocycles. The fourth-order valence-corrected chi connectivity index (χ4v) is 3.99. The summed E-state index contributed by atoms with van der Waals surface area (Å²) in [5.74, 6) is 2.45. The first-order chi connectivity index (χ1) is 15.3. The summed E-state index contributed by atoms with van der Waals surface area (Å²) in [5, 5.41) is 6.78. The van der Waals surface area contributed by atoms with Gasteiger partial charge in [-0.2, -0.15) is 0 Å². The van der Waals surface area contributed by atoms with E-state index in [4.69, 9.17) is 9.47 Å². The standard InChI is InChI=1S/C24H33N5O2/c1-25-24(27-18-20-9-10-22-23(17-20)31-19-30-22)26-11-5-6-12-28-13-15-29(16-14-28)21-7-3-2-4-8-21/h2-4,7-10,17H,5-6,11-16,18-19H2,1H3,(H2,25,26,27). The first-order valence-electron chi connectivity index (χ1n) is 11.2. The first kappa shape index (κ1) is 21.3. The van der Waals surface area contributed by atoms with Crippen molar-refractivity contribution in [3.05, 3.63) is 54.1 Å². The molecule has 0 aliphatic carbocycles. The Morgan fingerprint density at radius 1 is 0.935 bits per heavy atom. The van der Waals surface area contributed by atoms with Crippen molar-refractivity contribution in [2.45, 2.75) is 19.4 Å². The summed E-state index contributed by atoms with van der Waals surface area (Å²) in [6, 6.07) is 16.7. The van der Waals surface area contributed by atoms with Crippen molar-refractivity contribution in [3.8, 4) is 11.5 Å². The van der Waals surface area contributed by atoms with E-state index >= 15 is 0 Å². The molecule has 0 unspecified atom stereocenters. The van der Waals surface area contributed by atoms with E-state index in [0.717, 1.165) is 68.7 Å². The maximum Gasteiger partial charge on any atom is 0.231 e. The third-order valence-corrected chi connectivity index (χ3v) is 5.81. The SMILES string of the molecule is CN=C(NCCCCN1CCN(c2ccccc2)CC1)NCc1ccc2c(c1)OCO2. The molecule has 0 bridgehead atoms. The molecule has 0 amide bonds. The van der Waals surface area contributed by atoms with Crippen LogP contribution in [0.15, 0.2) is 53.5 Å². The number of anilines is 1. The topological polar surface area (TPSA) is 61.4 Å². The van der Waals surface area contributed by atoms with Crippen LogP contribution in [0, 0.1) is 0 Å². The van der Waals surface area contributed by atoms with Crippen molar-refractivity contribution in [2.24, 2.45) is 4.99 Å². The monoisotopic (exact) mass is 423 g/mol. The third-order valence-electron chi connectivity index (χ3n) is 5.81. The van der Waals surface area contributed by atoms with Crippen LogP contribution in [-0.2, 0) is 6.54 Å². The molecule has 0 radical (unpaired) electrons. The first-order valence-corrected chi connectivity index (χ1v) is 11.2. The fourth-order valence-electron chi connectivity index (χ4n) is 3.99. The lowest BCUT2D eigenvalue weighted by Gasteiger charge is -2.36. The summed E-state index contributed by atoms with van der Waals surface area (Å²) in [6.45, 7) is 7.58. The number of benzene rings is 2. The van der Waals surface area contributed by atoms with Crippen molar-refractivity contribution in [3.63, 3.8) is 0 Å². The third kappa shape index (κ3) is 6.04. The molecule has 2 aromatic carbocycles. The molecule has 1 fully saturated rings. The maximum atomic E-state index is 5.44. The quantitative estimate of drug-likeness (QED) is 0.387. The minimum absolute atomic E-state index is 0.304. The van der Waals surface area contributed by atoms with Crippen molar-refractivity contribution in [2.75, 3.05) is 58.0 Å². The van der Waals surface area contributed by atoms with Gasteiger partial charge in [0.05, 0.1) is 0 Å². The minimum Gasteiger partial charge on any atom is -0.454 e. The molecule has 0 aromatic heterocycles. The van der Waals surface area contributed by atoms with Gasteiger partial charge in [0.25, 0.3) is 0 Å². The molecule has 31 heavy (non-hydrogen) atoms. The van der Waals surface area contributed by atoms with Crippen molar-refractivity contribution < 1.29 is 9.47 Å². The largest absolute Gasteiger partial charge is 0.454 e. The molecule has 2 aliphatic rings. The number of ether oxygens (including phenoxy) is 2. The lowest BCUT2D eigenvalue weighted by atomic mass is 10.2. The van der Waals surface area contributed by atoms with Gasteiger partial charge in [0, 0.05) is 52.0 Å². The van der Waals surface area contributed by atoms with Crippen LogP contribution in [0.4, 0.5) is 5.69 Å². The van der Waals surface area contributed by atoms with Crippen LogP contribution in [0.2, 0.25) is 0 Å². The Balaban J connectivity index is 1.08. The van der Waals surface area contributed by atoms with Crippen LogP contribution in [0.5, 0.6) is 11.5 Å². The molecular formula is C24H33N5O2. The van der Waals surface area contributed by atoms with Crippen LogP contribution in [0.1, 0.15) is 18.4 Å². The molecule has 2 aromatic rings. The Morgan fingerprint density at radius 2 is 1.74 bits per heavy atom. The van der Waals surface area contributed by atoms with Gasteiger partial charge < -0.3 is 25.0 Å². The fraction of sp³-hybridized carbons (Fsp3) is 0.458. The highest BCUT2D eigenvalue weighted by Crippen LogP contribution is 2.32. The van der Waals surface area contributed by atoms with Gasteiger partial charge in [0.1, 0.15) is 0 Å². The second-order valence-electron chi connectivity index (χ2n) is 7.91. The van der Waals surface area contributed by atoms with Crippen LogP contribution >= 0.6 is 0 Å². The summed E-state index contributed by atoms with van der Waals surface area (Å²) >= 11 is 0. The van der Waals surface area contributed by atoms with E-state index in [1.165, 1.54) is 12.1 Å². The van der Waals surface area contributed by atoms with Crippen LogP contribution in [0.3, 0.4) is 0 Å². The van der Waals surface area contributed by atoms with E-state index in [2.05, 4.69) is 55.8 Å². The smallest absolute Gasteiger partial charge is 0.231 e. The van der Waals surface area contributed by atoms with E-state index in [9.17, 15) is 0 Å². The number of hydrogen-bond donors (Lipinski definition) is 2. The van der Waals surface area contributed by atoms with Gasteiger partial charge in [-0.05, 0) is 49.2 Å². The van der Waals surface area contributed by atoms with Crippen LogP contribution in [-0.4, -0.2) is 64.0 Å². The van der Waals surface area contributed by atoms with E-state index in [1.54, 1.807) is 7.05 Å². The molecule has 2 heterocycles. The number of nitrogens with one attached hydrogen (secondary N) is 2. The predicted octanol–water partition coefficient (Wildman–Crippen LogP) is 2.68. The number of nitrogens with zero attached hydrogens (tertiary/aromatic N) is 3. The average molecular weight is 424 g/mol. The van der Waals surface area contributed by atoms with Gasteiger partial charge in [-0.25, -0.2) is 0 Å². The average Bonchev–Trinajstić information content (AvgIpc) is 3.30. The number of aliphatic imine (C=N–C) groups is 1. The molecule has 2 aliphatic heterocycles. The zero-order valence-electron chi connectivity index (χ0n) is 18.3. The zero-order chi connectivity index (χ0) is 21.3. The molecule has 7 heteroatoms. The molecule has 2 N–H and O–H groups in total. The molecule has 4 rings (SSSR count). The normalized spacial score (nSPS) is 16.4. The molecular weight excluding hydrogens is 390 g/mol. The minimum atomic E-state index is 0.304. The lowest BCUT2D eigenvalue weighted by Crippen LogP contribution is -2.46. The highest BCUT2D eigenvalue weighted by Gasteiger charge is 2.16. The van der Waals surface area contributed by atoms with Gasteiger partial charge >= 0.3 is 0 Å². The highest BCUT2D eigenvalue weighted by atomic mass is 16.7. The molecule has 0 atom stereocenters.